The minimum atomic E-state index is -1.04. The quantitative estimate of drug-likeness (QED) is 0.929. The Balaban J connectivity index is 2.32. The number of hydrogen-bond acceptors (Lipinski definition) is 3. The normalized spacial score (nSPS) is 21.8. The molecule has 0 saturated carbocycles. The number of thioether (sulfide) groups is 1. The Morgan fingerprint density at radius 1 is 1.43 bits per heavy atom. The summed E-state index contributed by atoms with van der Waals surface area (Å²) in [5.41, 5.74) is -0.0694. The second-order valence-corrected chi connectivity index (χ2v) is 6.67. The molecule has 2 rings (SSSR count). The number of amides is 1. The molecule has 6 heteroatoms. The maximum atomic E-state index is 13.8. The van der Waals surface area contributed by atoms with Crippen molar-refractivity contribution in [3.05, 3.63) is 35.6 Å². The van der Waals surface area contributed by atoms with Crippen LogP contribution in [0.5, 0.6) is 0 Å². The highest BCUT2D eigenvalue weighted by Crippen LogP contribution is 2.34. The minimum absolute atomic E-state index is 0.0694. The summed E-state index contributed by atoms with van der Waals surface area (Å²) in [5.74, 6) is -1.54. The van der Waals surface area contributed by atoms with Crippen molar-refractivity contribution in [2.75, 3.05) is 5.75 Å². The summed E-state index contributed by atoms with van der Waals surface area (Å²) in [5, 5.41) is 9.08. The summed E-state index contributed by atoms with van der Waals surface area (Å²) < 4.78 is 13.8. The van der Waals surface area contributed by atoms with E-state index in [1.807, 2.05) is 13.8 Å². The van der Waals surface area contributed by atoms with Gasteiger partial charge in [-0.25, -0.2) is 9.18 Å². The molecule has 0 unspecified atom stereocenters. The smallest absolute Gasteiger partial charge is 0.327 e. The average Bonchev–Trinajstić information content (AvgIpc) is 2.81. The van der Waals surface area contributed by atoms with Crippen LogP contribution in [0.2, 0.25) is 0 Å². The molecule has 2 atom stereocenters. The lowest BCUT2D eigenvalue weighted by molar-refractivity contribution is -0.141. The molecule has 1 amide bonds. The van der Waals surface area contributed by atoms with Gasteiger partial charge in [0.2, 0.25) is 0 Å². The summed E-state index contributed by atoms with van der Waals surface area (Å²) in [6.07, 6.45) is 0.689. The van der Waals surface area contributed by atoms with Gasteiger partial charge < -0.3 is 10.0 Å². The highest BCUT2D eigenvalue weighted by Gasteiger charge is 2.42. The van der Waals surface area contributed by atoms with E-state index in [1.165, 1.54) is 34.9 Å². The van der Waals surface area contributed by atoms with Crippen molar-refractivity contribution in [2.45, 2.75) is 31.7 Å². The molecule has 0 aliphatic carbocycles. The minimum Gasteiger partial charge on any atom is -0.480 e. The first-order valence-electron chi connectivity index (χ1n) is 6.83. The Bertz CT molecular complexity index is 549. The van der Waals surface area contributed by atoms with Crippen LogP contribution < -0.4 is 0 Å². The molecule has 0 aromatic heterocycles. The summed E-state index contributed by atoms with van der Waals surface area (Å²) in [7, 11) is 0. The van der Waals surface area contributed by atoms with E-state index in [9.17, 15) is 19.1 Å². The molecule has 1 heterocycles. The molecule has 1 N–H and O–H groups in total. The van der Waals surface area contributed by atoms with Gasteiger partial charge in [0.1, 0.15) is 11.9 Å². The van der Waals surface area contributed by atoms with Gasteiger partial charge in [0.25, 0.3) is 5.91 Å². The van der Waals surface area contributed by atoms with Crippen LogP contribution in [0.15, 0.2) is 24.3 Å². The van der Waals surface area contributed by atoms with Crippen LogP contribution in [0.1, 0.15) is 30.6 Å². The largest absolute Gasteiger partial charge is 0.480 e. The third kappa shape index (κ3) is 3.37. The lowest BCUT2D eigenvalue weighted by Crippen LogP contribution is -2.46. The number of aliphatic carboxylic acids is 1. The summed E-state index contributed by atoms with van der Waals surface area (Å²) >= 11 is 1.45. The number of hydrogen-bond donors (Lipinski definition) is 1. The van der Waals surface area contributed by atoms with Crippen molar-refractivity contribution in [2.24, 2.45) is 5.92 Å². The third-order valence-electron chi connectivity index (χ3n) is 3.39. The van der Waals surface area contributed by atoms with Gasteiger partial charge in [-0.2, -0.15) is 0 Å². The van der Waals surface area contributed by atoms with E-state index in [0.717, 1.165) is 0 Å². The number of carboxylic acids is 1. The van der Waals surface area contributed by atoms with Crippen molar-refractivity contribution in [3.63, 3.8) is 0 Å². The molecule has 1 saturated heterocycles. The fourth-order valence-corrected chi connectivity index (χ4v) is 4.02. The second-order valence-electron chi connectivity index (χ2n) is 5.46. The maximum absolute atomic E-state index is 13.8. The van der Waals surface area contributed by atoms with E-state index < -0.39 is 23.7 Å². The summed E-state index contributed by atoms with van der Waals surface area (Å²) in [6.45, 7) is 4.03. The lowest BCUT2D eigenvalue weighted by atomic mass is 10.1. The summed E-state index contributed by atoms with van der Waals surface area (Å²) in [6, 6.07) is 4.79. The monoisotopic (exact) mass is 311 g/mol. The molecular formula is C15H18FNO3S. The van der Waals surface area contributed by atoms with Crippen LogP contribution in [0.25, 0.3) is 0 Å². The highest BCUT2D eigenvalue weighted by molar-refractivity contribution is 8.00. The number of rotatable bonds is 4. The maximum Gasteiger partial charge on any atom is 0.327 e. The zero-order chi connectivity index (χ0) is 15.6. The molecule has 1 aliphatic rings. The van der Waals surface area contributed by atoms with E-state index in [2.05, 4.69) is 0 Å². The molecule has 0 bridgehead atoms. The van der Waals surface area contributed by atoms with Crippen LogP contribution in [-0.4, -0.2) is 39.1 Å². The Morgan fingerprint density at radius 2 is 2.10 bits per heavy atom. The first-order valence-corrected chi connectivity index (χ1v) is 7.88. The predicted octanol–water partition coefficient (Wildman–Crippen LogP) is 2.84. The second kappa shape index (κ2) is 6.47. The molecule has 1 aromatic carbocycles. The third-order valence-corrected chi connectivity index (χ3v) is 4.70. The van der Waals surface area contributed by atoms with E-state index in [0.29, 0.717) is 18.1 Å². The van der Waals surface area contributed by atoms with Gasteiger partial charge >= 0.3 is 5.97 Å². The Labute approximate surface area is 127 Å². The number of halogens is 1. The van der Waals surface area contributed by atoms with Crippen LogP contribution in [-0.2, 0) is 4.79 Å². The van der Waals surface area contributed by atoms with Gasteiger partial charge in [0.15, 0.2) is 0 Å². The Hall–Kier alpha value is -1.56. The van der Waals surface area contributed by atoms with Gasteiger partial charge in [-0.3, -0.25) is 4.79 Å². The van der Waals surface area contributed by atoms with Crippen molar-refractivity contribution in [1.29, 1.82) is 0 Å². The molecule has 1 aliphatic heterocycles. The van der Waals surface area contributed by atoms with E-state index >= 15 is 0 Å². The number of benzene rings is 1. The van der Waals surface area contributed by atoms with Crippen molar-refractivity contribution < 1.29 is 19.1 Å². The topological polar surface area (TPSA) is 57.6 Å². The van der Waals surface area contributed by atoms with Crippen molar-refractivity contribution >= 4 is 23.6 Å². The average molecular weight is 311 g/mol. The summed E-state index contributed by atoms with van der Waals surface area (Å²) in [4.78, 5) is 25.3. The Morgan fingerprint density at radius 3 is 2.67 bits per heavy atom. The van der Waals surface area contributed by atoms with Gasteiger partial charge in [0.05, 0.1) is 10.9 Å². The highest BCUT2D eigenvalue weighted by atomic mass is 32.2. The molecule has 0 spiro atoms. The van der Waals surface area contributed by atoms with E-state index in [1.54, 1.807) is 6.07 Å². The number of nitrogens with zero attached hydrogens (tertiary/aromatic N) is 1. The van der Waals surface area contributed by atoms with Crippen molar-refractivity contribution in [3.8, 4) is 0 Å². The predicted molar refractivity (Wildman–Crippen MR) is 79.7 cm³/mol. The van der Waals surface area contributed by atoms with Crippen LogP contribution in [0, 0.1) is 11.7 Å². The molecular weight excluding hydrogens is 293 g/mol. The standard InChI is InChI=1S/C15H18FNO3S/c1-9(2)7-13-17(12(8-21-13)15(19)20)14(18)10-5-3-4-6-11(10)16/h3-6,9,12-13H,7-8H2,1-2H3,(H,19,20)/t12-,13-/m0/s1. The molecule has 21 heavy (non-hydrogen) atoms. The van der Waals surface area contributed by atoms with Crippen LogP contribution >= 0.6 is 11.8 Å². The number of carbonyl (C=O) groups is 2. The zero-order valence-electron chi connectivity index (χ0n) is 12.0. The molecule has 114 valence electrons. The lowest BCUT2D eigenvalue weighted by Gasteiger charge is -2.28. The SMILES string of the molecule is CC(C)C[C@@H]1SC[C@@H](C(=O)O)N1C(=O)c1ccccc1F. The van der Waals surface area contributed by atoms with Gasteiger partial charge in [-0.05, 0) is 24.5 Å². The van der Waals surface area contributed by atoms with Gasteiger partial charge in [-0.15, -0.1) is 11.8 Å². The fourth-order valence-electron chi connectivity index (χ4n) is 2.38. The number of carbonyl (C=O) groups excluding carboxylic acids is 1. The van der Waals surface area contributed by atoms with Crippen LogP contribution in [0.3, 0.4) is 0 Å². The van der Waals surface area contributed by atoms with E-state index in [-0.39, 0.29) is 10.9 Å². The van der Waals surface area contributed by atoms with Crippen LogP contribution in [0.4, 0.5) is 4.39 Å². The molecule has 4 nitrogen and oxygen atoms in total. The van der Waals surface area contributed by atoms with Crippen molar-refractivity contribution in [1.82, 2.24) is 4.90 Å². The first kappa shape index (κ1) is 15.8. The Kier molecular flexibility index (Phi) is 4.88. The first-order chi connectivity index (χ1) is 9.91. The molecule has 1 fully saturated rings. The van der Waals surface area contributed by atoms with E-state index in [4.69, 9.17) is 0 Å². The van der Waals surface area contributed by atoms with Gasteiger partial charge in [0, 0.05) is 5.75 Å². The molecule has 0 radical (unpaired) electrons. The molecule has 1 aromatic rings. The number of carboxylic acid groups (broad SMARTS) is 1. The fraction of sp³-hybridized carbons (Fsp3) is 0.467. The zero-order valence-corrected chi connectivity index (χ0v) is 12.8. The van der Waals surface area contributed by atoms with Gasteiger partial charge in [-0.1, -0.05) is 26.0 Å².